The summed E-state index contributed by atoms with van der Waals surface area (Å²) in [5, 5.41) is 8.69. The van der Waals surface area contributed by atoms with Crippen LogP contribution in [0.4, 0.5) is 5.69 Å². The van der Waals surface area contributed by atoms with Crippen molar-refractivity contribution in [3.8, 4) is 0 Å². The van der Waals surface area contributed by atoms with Gasteiger partial charge in [0.2, 0.25) is 5.91 Å². The van der Waals surface area contributed by atoms with Crippen molar-refractivity contribution in [3.05, 3.63) is 30.3 Å². The number of nitrogens with zero attached hydrogens (tertiary/aromatic N) is 2. The number of likely N-dealkylation sites (tertiary alicyclic amines) is 1. The van der Waals surface area contributed by atoms with Gasteiger partial charge in [-0.3, -0.25) is 14.4 Å². The van der Waals surface area contributed by atoms with Gasteiger partial charge in [-0.05, 0) is 12.1 Å². The van der Waals surface area contributed by atoms with Gasteiger partial charge < -0.3 is 19.6 Å². The average molecular weight is 318 g/mol. The number of para-hydroxylation sites is 1. The molecule has 2 unspecified atom stereocenters. The molecule has 0 aromatic heterocycles. The lowest BCUT2D eigenvalue weighted by Crippen LogP contribution is -2.54. The van der Waals surface area contributed by atoms with Crippen LogP contribution in [0.15, 0.2) is 30.3 Å². The number of amides is 2. The fraction of sp³-hybridized carbons (Fsp3) is 0.438. The summed E-state index contributed by atoms with van der Waals surface area (Å²) in [6.45, 7) is 0.747. The number of aliphatic carboxylic acids is 1. The van der Waals surface area contributed by atoms with Gasteiger partial charge in [0, 0.05) is 25.2 Å². The molecule has 3 rings (SSSR count). The topological polar surface area (TPSA) is 87.1 Å². The highest BCUT2D eigenvalue weighted by molar-refractivity contribution is 5.96. The highest BCUT2D eigenvalue weighted by Crippen LogP contribution is 2.28. The fourth-order valence-corrected chi connectivity index (χ4v) is 3.10. The standard InChI is InChI=1S/C16H18N2O5/c19-14(6-7-16(21)22)17-8-12-13(9-17)23-10-15(20)18(12)11-4-2-1-3-5-11/h1-5,12-13H,6-10H2,(H,21,22). The molecule has 2 aliphatic rings. The molecule has 2 heterocycles. The first-order valence-corrected chi connectivity index (χ1v) is 7.54. The largest absolute Gasteiger partial charge is 0.481 e. The minimum absolute atomic E-state index is 0.00673. The van der Waals surface area contributed by atoms with E-state index in [4.69, 9.17) is 9.84 Å². The predicted molar refractivity (Wildman–Crippen MR) is 80.9 cm³/mol. The van der Waals surface area contributed by atoms with E-state index in [9.17, 15) is 14.4 Å². The summed E-state index contributed by atoms with van der Waals surface area (Å²) < 4.78 is 5.57. The lowest BCUT2D eigenvalue weighted by molar-refractivity contribution is -0.140. The Bertz CT molecular complexity index is 618. The SMILES string of the molecule is O=C(O)CCC(=O)N1CC2OCC(=O)N(c3ccccc3)C2C1. The Hall–Kier alpha value is -2.41. The first-order chi connectivity index (χ1) is 11.1. The zero-order valence-corrected chi connectivity index (χ0v) is 12.6. The molecule has 0 aliphatic carbocycles. The van der Waals surface area contributed by atoms with Crippen molar-refractivity contribution in [2.45, 2.75) is 25.0 Å². The molecule has 2 amide bonds. The molecule has 0 radical (unpaired) electrons. The van der Waals surface area contributed by atoms with Crippen molar-refractivity contribution >= 4 is 23.5 Å². The van der Waals surface area contributed by atoms with E-state index in [0.29, 0.717) is 13.1 Å². The molecule has 1 aromatic carbocycles. The average Bonchev–Trinajstić information content (AvgIpc) is 2.97. The number of hydrogen-bond donors (Lipinski definition) is 1. The monoisotopic (exact) mass is 318 g/mol. The van der Waals surface area contributed by atoms with Gasteiger partial charge in [-0.25, -0.2) is 0 Å². The smallest absolute Gasteiger partial charge is 0.303 e. The number of ether oxygens (including phenoxy) is 1. The molecule has 1 N–H and O–H groups in total. The molecule has 122 valence electrons. The third-order valence-electron chi connectivity index (χ3n) is 4.20. The third-order valence-corrected chi connectivity index (χ3v) is 4.20. The van der Waals surface area contributed by atoms with E-state index in [0.717, 1.165) is 5.69 Å². The van der Waals surface area contributed by atoms with Gasteiger partial charge in [-0.1, -0.05) is 18.2 Å². The van der Waals surface area contributed by atoms with Crippen molar-refractivity contribution in [1.82, 2.24) is 4.90 Å². The van der Waals surface area contributed by atoms with Crippen LogP contribution in [-0.2, 0) is 19.1 Å². The summed E-state index contributed by atoms with van der Waals surface area (Å²) in [5.41, 5.74) is 0.788. The van der Waals surface area contributed by atoms with E-state index in [1.807, 2.05) is 30.3 Å². The highest BCUT2D eigenvalue weighted by atomic mass is 16.5. The lowest BCUT2D eigenvalue weighted by atomic mass is 10.1. The molecule has 2 atom stereocenters. The number of carbonyl (C=O) groups is 3. The molecule has 2 aliphatic heterocycles. The Kier molecular flexibility index (Phi) is 4.29. The van der Waals surface area contributed by atoms with Crippen LogP contribution in [0.3, 0.4) is 0 Å². The first kappa shape index (κ1) is 15.5. The number of hydrogen-bond acceptors (Lipinski definition) is 4. The number of anilines is 1. The van der Waals surface area contributed by atoms with E-state index in [1.54, 1.807) is 9.80 Å². The quantitative estimate of drug-likeness (QED) is 0.873. The molecular weight excluding hydrogens is 300 g/mol. The number of morpholine rings is 1. The minimum atomic E-state index is -0.993. The van der Waals surface area contributed by atoms with Crippen molar-refractivity contribution in [2.24, 2.45) is 0 Å². The van der Waals surface area contributed by atoms with Gasteiger partial charge in [-0.2, -0.15) is 0 Å². The lowest BCUT2D eigenvalue weighted by Gasteiger charge is -2.36. The molecule has 7 heteroatoms. The molecular formula is C16H18N2O5. The number of fused-ring (bicyclic) bond motifs is 1. The van der Waals surface area contributed by atoms with Crippen LogP contribution in [-0.4, -0.2) is 59.6 Å². The first-order valence-electron chi connectivity index (χ1n) is 7.54. The summed E-state index contributed by atoms with van der Waals surface area (Å²) in [7, 11) is 0. The van der Waals surface area contributed by atoms with E-state index in [1.165, 1.54) is 0 Å². The Balaban J connectivity index is 1.74. The van der Waals surface area contributed by atoms with Gasteiger partial charge in [0.1, 0.15) is 6.61 Å². The number of benzene rings is 1. The zero-order chi connectivity index (χ0) is 16.4. The van der Waals surface area contributed by atoms with Gasteiger partial charge in [0.15, 0.2) is 0 Å². The summed E-state index contributed by atoms with van der Waals surface area (Å²) in [6, 6.07) is 9.08. The Labute approximate surface area is 133 Å². The second-order valence-electron chi connectivity index (χ2n) is 5.71. The van der Waals surface area contributed by atoms with E-state index in [-0.39, 0.29) is 43.4 Å². The fourth-order valence-electron chi connectivity index (χ4n) is 3.10. The second kappa shape index (κ2) is 6.37. The van der Waals surface area contributed by atoms with Crippen molar-refractivity contribution in [1.29, 1.82) is 0 Å². The van der Waals surface area contributed by atoms with Crippen molar-refractivity contribution < 1.29 is 24.2 Å². The van der Waals surface area contributed by atoms with Crippen LogP contribution >= 0.6 is 0 Å². The summed E-state index contributed by atoms with van der Waals surface area (Å²) in [5.74, 6) is -1.34. The van der Waals surface area contributed by atoms with E-state index < -0.39 is 5.97 Å². The third kappa shape index (κ3) is 3.19. The molecule has 2 fully saturated rings. The van der Waals surface area contributed by atoms with Gasteiger partial charge >= 0.3 is 5.97 Å². The van der Waals surface area contributed by atoms with Crippen LogP contribution in [0.2, 0.25) is 0 Å². The number of carboxylic acid groups (broad SMARTS) is 1. The van der Waals surface area contributed by atoms with Crippen LogP contribution < -0.4 is 4.90 Å². The predicted octanol–water partition coefficient (Wildman–Crippen LogP) is 0.494. The highest BCUT2D eigenvalue weighted by Gasteiger charge is 2.45. The van der Waals surface area contributed by atoms with E-state index in [2.05, 4.69) is 0 Å². The second-order valence-corrected chi connectivity index (χ2v) is 5.71. The number of carboxylic acids is 1. The molecule has 7 nitrogen and oxygen atoms in total. The minimum Gasteiger partial charge on any atom is -0.481 e. The maximum atomic E-state index is 12.2. The Morgan fingerprint density at radius 1 is 1.17 bits per heavy atom. The van der Waals surface area contributed by atoms with Crippen molar-refractivity contribution in [3.63, 3.8) is 0 Å². The van der Waals surface area contributed by atoms with Crippen LogP contribution in [0.1, 0.15) is 12.8 Å². The maximum absolute atomic E-state index is 12.2. The zero-order valence-electron chi connectivity index (χ0n) is 12.6. The summed E-state index contributed by atoms with van der Waals surface area (Å²) in [4.78, 5) is 38.3. The summed E-state index contributed by atoms with van der Waals surface area (Å²) >= 11 is 0. The van der Waals surface area contributed by atoms with Gasteiger partial charge in [0.25, 0.3) is 5.91 Å². The number of rotatable bonds is 4. The van der Waals surface area contributed by atoms with Gasteiger partial charge in [-0.15, -0.1) is 0 Å². The molecule has 0 bridgehead atoms. The molecule has 0 saturated carbocycles. The Morgan fingerprint density at radius 3 is 2.61 bits per heavy atom. The molecule has 2 saturated heterocycles. The van der Waals surface area contributed by atoms with Crippen molar-refractivity contribution in [2.75, 3.05) is 24.6 Å². The van der Waals surface area contributed by atoms with Crippen LogP contribution in [0.25, 0.3) is 0 Å². The molecule has 0 spiro atoms. The summed E-state index contributed by atoms with van der Waals surface area (Å²) in [6.07, 6.45) is -0.456. The van der Waals surface area contributed by atoms with E-state index >= 15 is 0 Å². The number of carbonyl (C=O) groups excluding carboxylic acids is 2. The van der Waals surface area contributed by atoms with Crippen LogP contribution in [0.5, 0.6) is 0 Å². The van der Waals surface area contributed by atoms with Crippen LogP contribution in [0, 0.1) is 0 Å². The molecule has 23 heavy (non-hydrogen) atoms. The normalized spacial score (nSPS) is 23.7. The Morgan fingerprint density at radius 2 is 1.91 bits per heavy atom. The molecule has 1 aromatic rings. The maximum Gasteiger partial charge on any atom is 0.303 e. The van der Waals surface area contributed by atoms with Gasteiger partial charge in [0.05, 0.1) is 18.6 Å².